The topological polar surface area (TPSA) is 147 Å². The smallest absolute Gasteiger partial charge is 0.307 e. The van der Waals surface area contributed by atoms with Crippen molar-refractivity contribution in [3.05, 3.63) is 55.6 Å². The van der Waals surface area contributed by atoms with Crippen LogP contribution in [0.1, 0.15) is 20.7 Å². The molecule has 3 N–H and O–H groups in total. The number of nitro benzene ring substituents is 1. The fraction of sp³-hybridized carbons (Fsp3) is 0.0714. The molecule has 2 aromatic rings. The van der Waals surface area contributed by atoms with Gasteiger partial charge in [0, 0.05) is 18.2 Å². The van der Waals surface area contributed by atoms with Gasteiger partial charge in [-0.15, -0.1) is 0 Å². The molecule has 3 rings (SSSR count). The van der Waals surface area contributed by atoms with Crippen molar-refractivity contribution in [1.29, 1.82) is 0 Å². The minimum absolute atomic E-state index is 0.209. The number of pyridine rings is 1. The molecule has 25 heavy (non-hydrogen) atoms. The number of ether oxygens (including phenoxy) is 1. The largest absolute Gasteiger partial charge is 0.494 e. The van der Waals surface area contributed by atoms with Crippen LogP contribution in [0.3, 0.4) is 0 Å². The molecule has 1 aromatic carbocycles. The number of carbonyl (C=O) groups excluding carboxylic acids is 2. The fourth-order valence-electron chi connectivity index (χ4n) is 2.54. The highest BCUT2D eigenvalue weighted by atomic mass is 19.1. The molecule has 2 heterocycles. The number of fused-ring (bicyclic) bond motifs is 1. The van der Waals surface area contributed by atoms with Crippen LogP contribution in [-0.4, -0.2) is 28.4 Å². The Balaban J connectivity index is 2.39. The van der Waals surface area contributed by atoms with Crippen LogP contribution < -0.4 is 21.3 Å². The third kappa shape index (κ3) is 2.29. The van der Waals surface area contributed by atoms with Gasteiger partial charge in [-0.3, -0.25) is 34.4 Å². The van der Waals surface area contributed by atoms with Crippen molar-refractivity contribution in [1.82, 2.24) is 9.88 Å². The van der Waals surface area contributed by atoms with E-state index < -0.39 is 39.6 Å². The molecule has 0 bridgehead atoms. The molecule has 0 unspecified atom stereocenters. The van der Waals surface area contributed by atoms with Gasteiger partial charge in [0.25, 0.3) is 17.4 Å². The van der Waals surface area contributed by atoms with Gasteiger partial charge in [-0.2, -0.15) is 4.39 Å². The highest BCUT2D eigenvalue weighted by Crippen LogP contribution is 2.32. The zero-order valence-electron chi connectivity index (χ0n) is 12.5. The summed E-state index contributed by atoms with van der Waals surface area (Å²) >= 11 is 0. The standard InChI is InChI=1S/C14H9FN4O6/c1-25-9-3-6(15)7(19(23)24)4-8(9)18-10(20)2-5-11(12(18)16)14(22)17-13(5)21/h2-4H,16H2,1H3,(H,17,21,22). The molecular formula is C14H9FN4O6. The second kappa shape index (κ2) is 5.40. The predicted octanol–water partition coefficient (Wildman–Crippen LogP) is 0.359. The van der Waals surface area contributed by atoms with E-state index in [4.69, 9.17) is 10.5 Å². The molecule has 1 aliphatic rings. The molecule has 0 saturated heterocycles. The van der Waals surface area contributed by atoms with Crippen molar-refractivity contribution in [3.8, 4) is 11.4 Å². The average Bonchev–Trinajstić information content (AvgIpc) is 2.82. The van der Waals surface area contributed by atoms with Gasteiger partial charge < -0.3 is 10.5 Å². The number of aromatic nitrogens is 1. The minimum atomic E-state index is -1.17. The number of amides is 2. The van der Waals surface area contributed by atoms with Crippen molar-refractivity contribution in [3.63, 3.8) is 0 Å². The molecule has 128 valence electrons. The minimum Gasteiger partial charge on any atom is -0.494 e. The van der Waals surface area contributed by atoms with Gasteiger partial charge >= 0.3 is 5.69 Å². The van der Waals surface area contributed by atoms with Gasteiger partial charge in [0.05, 0.1) is 28.8 Å². The van der Waals surface area contributed by atoms with Crippen LogP contribution in [0.2, 0.25) is 0 Å². The number of nitrogens with two attached hydrogens (primary N) is 1. The molecule has 0 atom stereocenters. The maximum absolute atomic E-state index is 13.8. The summed E-state index contributed by atoms with van der Waals surface area (Å²) in [6.07, 6.45) is 0. The lowest BCUT2D eigenvalue weighted by Gasteiger charge is -2.15. The summed E-state index contributed by atoms with van der Waals surface area (Å²) < 4.78 is 19.5. The number of imide groups is 1. The van der Waals surface area contributed by atoms with Crippen molar-refractivity contribution in [2.75, 3.05) is 12.8 Å². The maximum Gasteiger partial charge on any atom is 0.307 e. The molecule has 0 saturated carbocycles. The number of rotatable bonds is 3. The number of hydrogen-bond donors (Lipinski definition) is 2. The number of hydrogen-bond acceptors (Lipinski definition) is 7. The van der Waals surface area contributed by atoms with Crippen molar-refractivity contribution in [2.45, 2.75) is 0 Å². The van der Waals surface area contributed by atoms with E-state index in [0.29, 0.717) is 0 Å². The molecule has 10 nitrogen and oxygen atoms in total. The van der Waals surface area contributed by atoms with Crippen LogP contribution in [0.15, 0.2) is 23.0 Å². The van der Waals surface area contributed by atoms with E-state index in [1.54, 1.807) is 0 Å². The Morgan fingerprint density at radius 1 is 1.24 bits per heavy atom. The maximum atomic E-state index is 13.8. The number of nitrogens with zero attached hydrogens (tertiary/aromatic N) is 2. The second-order valence-corrected chi connectivity index (χ2v) is 5.01. The Bertz CT molecular complexity index is 1030. The normalized spacial score (nSPS) is 12.7. The number of nitrogens with one attached hydrogen (secondary N) is 1. The quantitative estimate of drug-likeness (QED) is 0.462. The molecule has 0 radical (unpaired) electrons. The monoisotopic (exact) mass is 348 g/mol. The van der Waals surface area contributed by atoms with Gasteiger partial charge in [0.15, 0.2) is 0 Å². The highest BCUT2D eigenvalue weighted by molar-refractivity contribution is 6.23. The van der Waals surface area contributed by atoms with Crippen LogP contribution in [0, 0.1) is 15.9 Å². The Kier molecular flexibility index (Phi) is 3.48. The Morgan fingerprint density at radius 2 is 1.92 bits per heavy atom. The molecule has 0 spiro atoms. The summed E-state index contributed by atoms with van der Waals surface area (Å²) in [7, 11) is 1.16. The Labute approximate surface area is 137 Å². The van der Waals surface area contributed by atoms with E-state index in [1.165, 1.54) is 0 Å². The predicted molar refractivity (Wildman–Crippen MR) is 81.4 cm³/mol. The first-order chi connectivity index (χ1) is 11.8. The molecular weight excluding hydrogens is 339 g/mol. The molecule has 0 fully saturated rings. The lowest BCUT2D eigenvalue weighted by Crippen LogP contribution is -2.24. The van der Waals surface area contributed by atoms with E-state index in [-0.39, 0.29) is 22.6 Å². The number of methoxy groups -OCH3 is 1. The molecule has 1 aliphatic heterocycles. The fourth-order valence-corrected chi connectivity index (χ4v) is 2.54. The summed E-state index contributed by atoms with van der Waals surface area (Å²) in [6, 6.07) is 2.34. The summed E-state index contributed by atoms with van der Waals surface area (Å²) in [5.74, 6) is -3.42. The number of benzene rings is 1. The molecule has 11 heteroatoms. The summed E-state index contributed by atoms with van der Waals surface area (Å²) in [4.78, 5) is 45.8. The summed E-state index contributed by atoms with van der Waals surface area (Å²) in [6.45, 7) is 0. The van der Waals surface area contributed by atoms with E-state index in [0.717, 1.165) is 29.9 Å². The Morgan fingerprint density at radius 3 is 2.52 bits per heavy atom. The van der Waals surface area contributed by atoms with Crippen LogP contribution in [0.5, 0.6) is 5.75 Å². The van der Waals surface area contributed by atoms with E-state index in [1.807, 2.05) is 5.32 Å². The SMILES string of the molecule is COc1cc(F)c([N+](=O)[O-])cc1-n1c(N)c2c(cc1=O)C(=O)NC2=O. The summed E-state index contributed by atoms with van der Waals surface area (Å²) in [5, 5.41) is 12.9. The summed E-state index contributed by atoms with van der Waals surface area (Å²) in [5.41, 5.74) is 3.38. The van der Waals surface area contributed by atoms with Gasteiger partial charge in [-0.1, -0.05) is 0 Å². The van der Waals surface area contributed by atoms with Crippen molar-refractivity contribution >= 4 is 23.3 Å². The van der Waals surface area contributed by atoms with Gasteiger partial charge in [0.1, 0.15) is 11.6 Å². The second-order valence-electron chi connectivity index (χ2n) is 5.01. The first kappa shape index (κ1) is 16.1. The first-order valence-corrected chi connectivity index (χ1v) is 6.69. The zero-order valence-corrected chi connectivity index (χ0v) is 12.5. The van der Waals surface area contributed by atoms with Crippen LogP contribution in [0.4, 0.5) is 15.9 Å². The van der Waals surface area contributed by atoms with Crippen molar-refractivity contribution < 1.29 is 23.6 Å². The Hall–Kier alpha value is -3.76. The average molecular weight is 348 g/mol. The van der Waals surface area contributed by atoms with Crippen LogP contribution >= 0.6 is 0 Å². The van der Waals surface area contributed by atoms with Gasteiger partial charge in [0.2, 0.25) is 5.82 Å². The number of carbonyl (C=O) groups is 2. The number of anilines is 1. The molecule has 2 amide bonds. The van der Waals surface area contributed by atoms with E-state index in [9.17, 15) is 28.9 Å². The number of halogens is 1. The van der Waals surface area contributed by atoms with Gasteiger partial charge in [-0.25, -0.2) is 0 Å². The lowest BCUT2D eigenvalue weighted by atomic mass is 10.1. The third-order valence-corrected chi connectivity index (χ3v) is 3.64. The third-order valence-electron chi connectivity index (χ3n) is 3.64. The highest BCUT2D eigenvalue weighted by Gasteiger charge is 2.33. The molecule has 0 aliphatic carbocycles. The van der Waals surface area contributed by atoms with Crippen LogP contribution in [-0.2, 0) is 0 Å². The van der Waals surface area contributed by atoms with Crippen molar-refractivity contribution in [2.24, 2.45) is 0 Å². The molecule has 1 aromatic heterocycles. The number of nitrogen functional groups attached to an aromatic ring is 1. The lowest BCUT2D eigenvalue weighted by molar-refractivity contribution is -0.387. The van der Waals surface area contributed by atoms with Crippen LogP contribution in [0.25, 0.3) is 5.69 Å². The zero-order chi connectivity index (χ0) is 18.5. The van der Waals surface area contributed by atoms with E-state index >= 15 is 0 Å². The number of nitro groups is 1. The first-order valence-electron chi connectivity index (χ1n) is 6.69. The van der Waals surface area contributed by atoms with Gasteiger partial charge in [-0.05, 0) is 0 Å². The van der Waals surface area contributed by atoms with E-state index in [2.05, 4.69) is 0 Å².